The first kappa shape index (κ1) is 43.5. The van der Waals surface area contributed by atoms with Gasteiger partial charge in [-0.25, -0.2) is 0 Å². The molecule has 264 valence electrons. The van der Waals surface area contributed by atoms with Gasteiger partial charge in [-0.3, -0.25) is 4.79 Å². The molecule has 2 unspecified atom stereocenters. The summed E-state index contributed by atoms with van der Waals surface area (Å²) >= 11 is 0. The number of carbonyl (C=O) groups is 1. The molecule has 0 rings (SSSR count). The second-order valence-electron chi connectivity index (χ2n) is 14.4. The number of unbranched alkanes of at least 4 members (excludes halogenated alkanes) is 28. The molecule has 0 N–H and O–H groups in total. The first-order chi connectivity index (χ1) is 21.7. The molecule has 0 heterocycles. The summed E-state index contributed by atoms with van der Waals surface area (Å²) in [5.74, 6) is 0.201. The van der Waals surface area contributed by atoms with E-state index in [2.05, 4.69) is 27.7 Å². The summed E-state index contributed by atoms with van der Waals surface area (Å²) in [7, 11) is 0. The van der Waals surface area contributed by atoms with Crippen molar-refractivity contribution in [2.45, 2.75) is 259 Å². The number of rotatable bonds is 37. The summed E-state index contributed by atoms with van der Waals surface area (Å²) in [5.41, 5.74) is 0. The first-order valence-corrected chi connectivity index (χ1v) is 20.9. The van der Waals surface area contributed by atoms with E-state index in [-0.39, 0.29) is 18.0 Å². The van der Waals surface area contributed by atoms with Gasteiger partial charge in [0.1, 0.15) is 6.10 Å². The monoisotopic (exact) mass is 621 g/mol. The van der Waals surface area contributed by atoms with Crippen molar-refractivity contribution >= 4 is 5.97 Å². The van der Waals surface area contributed by atoms with E-state index in [1.54, 1.807) is 0 Å². The maximum Gasteiger partial charge on any atom is 0.309 e. The highest BCUT2D eigenvalue weighted by atomic mass is 16.5. The van der Waals surface area contributed by atoms with E-state index >= 15 is 0 Å². The van der Waals surface area contributed by atoms with Gasteiger partial charge < -0.3 is 4.74 Å². The average molecular weight is 621 g/mol. The van der Waals surface area contributed by atoms with Crippen LogP contribution in [0.25, 0.3) is 0 Å². The molecule has 2 atom stereocenters. The van der Waals surface area contributed by atoms with E-state index in [0.29, 0.717) is 0 Å². The largest absolute Gasteiger partial charge is 0.462 e. The second-order valence-corrected chi connectivity index (χ2v) is 14.4. The summed E-state index contributed by atoms with van der Waals surface area (Å²) in [6.45, 7) is 8.96. The molecule has 44 heavy (non-hydrogen) atoms. The quantitative estimate of drug-likeness (QED) is 0.0510. The van der Waals surface area contributed by atoms with E-state index in [1.807, 2.05) is 0 Å². The average Bonchev–Trinajstić information content (AvgIpc) is 3.03. The van der Waals surface area contributed by atoms with Crippen molar-refractivity contribution in [1.29, 1.82) is 0 Å². The molecule has 2 nitrogen and oxygen atoms in total. The third-order valence-corrected chi connectivity index (χ3v) is 10.0. The lowest BCUT2D eigenvalue weighted by molar-refractivity contribution is -0.155. The van der Waals surface area contributed by atoms with Gasteiger partial charge in [-0.1, -0.05) is 214 Å². The molecule has 0 aromatic heterocycles. The fourth-order valence-electron chi connectivity index (χ4n) is 6.77. The van der Waals surface area contributed by atoms with Gasteiger partial charge in [-0.2, -0.15) is 0 Å². The summed E-state index contributed by atoms with van der Waals surface area (Å²) in [6, 6.07) is 0. The normalized spacial score (nSPS) is 12.9. The van der Waals surface area contributed by atoms with Crippen LogP contribution in [-0.4, -0.2) is 12.1 Å². The predicted molar refractivity (Wildman–Crippen MR) is 198 cm³/mol. The summed E-state index contributed by atoms with van der Waals surface area (Å²) < 4.78 is 6.19. The van der Waals surface area contributed by atoms with Crippen molar-refractivity contribution in [3.05, 3.63) is 0 Å². The molecule has 0 amide bonds. The van der Waals surface area contributed by atoms with Crippen LogP contribution in [0.5, 0.6) is 0 Å². The molecule has 0 fully saturated rings. The van der Waals surface area contributed by atoms with Crippen LogP contribution < -0.4 is 0 Å². The molecule has 0 saturated carbocycles. The zero-order valence-corrected chi connectivity index (χ0v) is 31.2. The van der Waals surface area contributed by atoms with E-state index in [1.165, 1.54) is 186 Å². The van der Waals surface area contributed by atoms with Gasteiger partial charge in [0, 0.05) is 0 Å². The maximum absolute atomic E-state index is 13.0. The van der Waals surface area contributed by atoms with Crippen LogP contribution in [-0.2, 0) is 9.53 Å². The number of carbonyl (C=O) groups excluding carboxylic acids is 1. The molecular formula is C42H84O2. The fourth-order valence-corrected chi connectivity index (χ4v) is 6.77. The number of hydrogen-bond acceptors (Lipinski definition) is 2. The van der Waals surface area contributed by atoms with Crippen LogP contribution in [0.2, 0.25) is 0 Å². The van der Waals surface area contributed by atoms with Crippen molar-refractivity contribution in [2.24, 2.45) is 5.92 Å². The molecule has 0 saturated heterocycles. The van der Waals surface area contributed by atoms with Gasteiger partial charge in [-0.05, 0) is 38.5 Å². The summed E-state index contributed by atoms with van der Waals surface area (Å²) in [4.78, 5) is 13.0. The van der Waals surface area contributed by atoms with E-state index in [4.69, 9.17) is 4.74 Å². The van der Waals surface area contributed by atoms with Crippen LogP contribution >= 0.6 is 0 Å². The molecule has 0 bridgehead atoms. The highest BCUT2D eigenvalue weighted by Gasteiger charge is 2.21. The third-order valence-electron chi connectivity index (χ3n) is 10.0. The van der Waals surface area contributed by atoms with Crippen LogP contribution in [0.3, 0.4) is 0 Å². The molecule has 0 aliphatic heterocycles. The molecular weight excluding hydrogens is 536 g/mol. The van der Waals surface area contributed by atoms with Crippen molar-refractivity contribution in [3.8, 4) is 0 Å². The second kappa shape index (κ2) is 36.9. The van der Waals surface area contributed by atoms with Crippen LogP contribution in [0.4, 0.5) is 0 Å². The fraction of sp³-hybridized carbons (Fsp3) is 0.976. The topological polar surface area (TPSA) is 26.3 Å². The van der Waals surface area contributed by atoms with Gasteiger partial charge in [0.15, 0.2) is 0 Å². The lowest BCUT2D eigenvalue weighted by Gasteiger charge is -2.21. The lowest BCUT2D eigenvalue weighted by Crippen LogP contribution is -2.24. The first-order valence-electron chi connectivity index (χ1n) is 20.9. The SMILES string of the molecule is CCCCCCCCCCCCCCCCCC(CCCCCCCCCCCCCCCC)OC(=O)C(CC)CCCC. The minimum absolute atomic E-state index is 0.0947. The molecule has 2 heteroatoms. The zero-order valence-electron chi connectivity index (χ0n) is 31.2. The van der Waals surface area contributed by atoms with Gasteiger partial charge in [0.05, 0.1) is 5.92 Å². The highest BCUT2D eigenvalue weighted by Crippen LogP contribution is 2.22. The number of esters is 1. The smallest absolute Gasteiger partial charge is 0.309 e. The Morgan fingerprint density at radius 2 is 0.636 bits per heavy atom. The maximum atomic E-state index is 13.0. The van der Waals surface area contributed by atoms with Crippen LogP contribution in [0.15, 0.2) is 0 Å². The van der Waals surface area contributed by atoms with Gasteiger partial charge in [-0.15, -0.1) is 0 Å². The Balaban J connectivity index is 4.03. The van der Waals surface area contributed by atoms with Gasteiger partial charge in [0.25, 0.3) is 0 Å². The Labute approximate surface area is 279 Å². The van der Waals surface area contributed by atoms with Crippen LogP contribution in [0, 0.1) is 5.92 Å². The summed E-state index contributed by atoms with van der Waals surface area (Å²) in [5, 5.41) is 0. The number of hydrogen-bond donors (Lipinski definition) is 0. The van der Waals surface area contributed by atoms with Gasteiger partial charge in [0.2, 0.25) is 0 Å². The van der Waals surface area contributed by atoms with E-state index in [0.717, 1.165) is 38.5 Å². The molecule has 0 aliphatic carbocycles. The van der Waals surface area contributed by atoms with Crippen molar-refractivity contribution < 1.29 is 9.53 Å². The Bertz CT molecular complexity index is 544. The molecule has 0 aliphatic rings. The number of ether oxygens (including phenoxy) is 1. The Kier molecular flexibility index (Phi) is 36.5. The molecule has 0 radical (unpaired) electrons. The minimum atomic E-state index is 0.0947. The van der Waals surface area contributed by atoms with Crippen molar-refractivity contribution in [1.82, 2.24) is 0 Å². The minimum Gasteiger partial charge on any atom is -0.462 e. The lowest BCUT2D eigenvalue weighted by atomic mass is 9.98. The summed E-state index contributed by atoms with van der Waals surface area (Å²) in [6.07, 6.45) is 47.0. The van der Waals surface area contributed by atoms with Crippen molar-refractivity contribution in [3.63, 3.8) is 0 Å². The molecule has 0 aromatic rings. The Morgan fingerprint density at radius 3 is 0.909 bits per heavy atom. The third kappa shape index (κ3) is 31.5. The van der Waals surface area contributed by atoms with Crippen LogP contribution in [0.1, 0.15) is 252 Å². The standard InChI is InChI=1S/C42H84O2/c1-5-9-12-14-16-18-20-22-24-26-28-30-32-34-36-39-41(44-42(43)40(8-4)37-11-7-3)38-35-33-31-29-27-25-23-21-19-17-15-13-10-6-2/h40-41H,5-39H2,1-4H3. The Hall–Kier alpha value is -0.530. The zero-order chi connectivity index (χ0) is 32.2. The van der Waals surface area contributed by atoms with Crippen molar-refractivity contribution in [2.75, 3.05) is 0 Å². The highest BCUT2D eigenvalue weighted by molar-refractivity contribution is 5.72. The van der Waals surface area contributed by atoms with Gasteiger partial charge >= 0.3 is 5.97 Å². The molecule has 0 spiro atoms. The van der Waals surface area contributed by atoms with E-state index in [9.17, 15) is 4.79 Å². The predicted octanol–water partition coefficient (Wildman–Crippen LogP) is 15.2. The molecule has 0 aromatic carbocycles. The Morgan fingerprint density at radius 1 is 0.364 bits per heavy atom. The van der Waals surface area contributed by atoms with E-state index < -0.39 is 0 Å².